The van der Waals surface area contributed by atoms with Crippen LogP contribution >= 0.6 is 22.7 Å². The number of thiophene rings is 1. The van der Waals surface area contributed by atoms with Crippen molar-refractivity contribution < 1.29 is 28.5 Å². The first-order valence-electron chi connectivity index (χ1n) is 13.2. The fourth-order valence-corrected chi connectivity index (χ4v) is 6.17. The number of esters is 2. The predicted octanol–water partition coefficient (Wildman–Crippen LogP) is 3.98. The molecule has 11 heteroatoms. The summed E-state index contributed by atoms with van der Waals surface area (Å²) in [6.07, 6.45) is 3.14. The number of carbonyl (C=O) groups is 2. The van der Waals surface area contributed by atoms with Crippen molar-refractivity contribution in [2.24, 2.45) is 4.99 Å². The highest BCUT2D eigenvalue weighted by Crippen LogP contribution is 2.34. The van der Waals surface area contributed by atoms with E-state index < -0.39 is 18.0 Å². The summed E-state index contributed by atoms with van der Waals surface area (Å²) >= 11 is 2.75. The van der Waals surface area contributed by atoms with Gasteiger partial charge in [0.05, 0.1) is 35.6 Å². The van der Waals surface area contributed by atoms with E-state index >= 15 is 0 Å². The summed E-state index contributed by atoms with van der Waals surface area (Å²) in [6.45, 7) is 8.01. The molecule has 0 fully saturated rings. The molecule has 0 N–H and O–H groups in total. The van der Waals surface area contributed by atoms with Gasteiger partial charge < -0.3 is 18.9 Å². The molecule has 0 radical (unpaired) electrons. The summed E-state index contributed by atoms with van der Waals surface area (Å²) in [5.41, 5.74) is 1.52. The SMILES string of the molecule is CCCC1=C(C(=O)OCC)[C@@H](c2cccs2)n2c(s/c(=C\c3ccc(OCC(=O)OCC)c(OCC)c3)c2=O)=N1. The van der Waals surface area contributed by atoms with Gasteiger partial charge in [-0.2, -0.15) is 0 Å². The van der Waals surface area contributed by atoms with E-state index in [1.807, 2.05) is 31.4 Å². The molecule has 1 aromatic carbocycles. The van der Waals surface area contributed by atoms with E-state index in [9.17, 15) is 14.4 Å². The van der Waals surface area contributed by atoms with Gasteiger partial charge in [-0.3, -0.25) is 9.36 Å². The second kappa shape index (κ2) is 13.6. The van der Waals surface area contributed by atoms with E-state index in [0.29, 0.717) is 50.7 Å². The van der Waals surface area contributed by atoms with Crippen LogP contribution in [0.1, 0.15) is 57.0 Å². The zero-order valence-corrected chi connectivity index (χ0v) is 24.6. The number of thiazole rings is 1. The number of hydrogen-bond donors (Lipinski definition) is 0. The van der Waals surface area contributed by atoms with Crippen molar-refractivity contribution in [3.63, 3.8) is 0 Å². The molecule has 2 aromatic heterocycles. The van der Waals surface area contributed by atoms with E-state index in [0.717, 1.165) is 11.3 Å². The van der Waals surface area contributed by atoms with Gasteiger partial charge in [-0.15, -0.1) is 11.3 Å². The summed E-state index contributed by atoms with van der Waals surface area (Å²) in [7, 11) is 0. The standard InChI is InChI=1S/C29H32N2O7S2/c1-5-10-19-25(28(34)37-8-4)26(22-11-9-14-39-22)31-27(33)23(40-29(31)30-19)16-18-12-13-20(21(15-18)35-6-2)38-17-24(32)36-7-3/h9,11-16,26H,5-8,10,17H2,1-4H3/b23-16-/t26-/m1/s1. The van der Waals surface area contributed by atoms with Crippen LogP contribution < -0.4 is 24.4 Å². The molecule has 4 rings (SSSR count). The van der Waals surface area contributed by atoms with Crippen LogP contribution in [0.15, 0.2) is 56.8 Å². The first kappa shape index (κ1) is 29.3. The predicted molar refractivity (Wildman–Crippen MR) is 154 cm³/mol. The Kier molecular flexibility index (Phi) is 9.94. The van der Waals surface area contributed by atoms with Crippen LogP contribution in [0.25, 0.3) is 6.08 Å². The third-order valence-corrected chi connectivity index (χ3v) is 7.83. The second-order valence-electron chi connectivity index (χ2n) is 8.66. The molecule has 0 aliphatic carbocycles. The van der Waals surface area contributed by atoms with E-state index in [1.165, 1.54) is 22.7 Å². The van der Waals surface area contributed by atoms with Crippen molar-refractivity contribution in [3.05, 3.63) is 77.1 Å². The number of aromatic nitrogens is 1. The minimum atomic E-state index is -0.614. The number of fused-ring (bicyclic) bond motifs is 1. The summed E-state index contributed by atoms with van der Waals surface area (Å²) in [5.74, 6) is -0.0867. The van der Waals surface area contributed by atoms with Crippen molar-refractivity contribution >= 4 is 40.7 Å². The molecule has 0 bridgehead atoms. The summed E-state index contributed by atoms with van der Waals surface area (Å²) in [6, 6.07) is 8.44. The van der Waals surface area contributed by atoms with Gasteiger partial charge in [-0.25, -0.2) is 14.6 Å². The van der Waals surface area contributed by atoms with Gasteiger partial charge in [0.1, 0.15) is 6.04 Å². The number of rotatable bonds is 12. The maximum absolute atomic E-state index is 13.8. The molecule has 0 saturated carbocycles. The molecule has 212 valence electrons. The fourth-order valence-electron chi connectivity index (χ4n) is 4.33. The Hall–Kier alpha value is -3.70. The topological polar surface area (TPSA) is 105 Å². The molecule has 0 amide bonds. The van der Waals surface area contributed by atoms with Crippen LogP contribution in [-0.4, -0.2) is 42.9 Å². The third kappa shape index (κ3) is 6.37. The maximum atomic E-state index is 13.8. The Balaban J connectivity index is 1.80. The Morgan fingerprint density at radius 2 is 1.82 bits per heavy atom. The van der Waals surface area contributed by atoms with E-state index in [-0.39, 0.29) is 25.4 Å². The number of allylic oxidation sites excluding steroid dienone is 1. The average Bonchev–Trinajstić information content (AvgIpc) is 3.57. The van der Waals surface area contributed by atoms with Crippen LogP contribution in [0.3, 0.4) is 0 Å². The average molecular weight is 585 g/mol. The molecule has 1 aliphatic heterocycles. The first-order valence-corrected chi connectivity index (χ1v) is 14.9. The van der Waals surface area contributed by atoms with Crippen LogP contribution in [0.2, 0.25) is 0 Å². The smallest absolute Gasteiger partial charge is 0.344 e. The first-order chi connectivity index (χ1) is 19.4. The molecular weight excluding hydrogens is 552 g/mol. The highest BCUT2D eigenvalue weighted by Gasteiger charge is 2.34. The summed E-state index contributed by atoms with van der Waals surface area (Å²) in [5, 5.41) is 1.92. The van der Waals surface area contributed by atoms with Crippen LogP contribution in [0.5, 0.6) is 11.5 Å². The molecular formula is C29H32N2O7S2. The normalized spacial score (nSPS) is 14.9. The largest absolute Gasteiger partial charge is 0.490 e. The van der Waals surface area contributed by atoms with Crippen molar-refractivity contribution in [3.8, 4) is 11.5 Å². The van der Waals surface area contributed by atoms with Crippen LogP contribution in [0.4, 0.5) is 0 Å². The van der Waals surface area contributed by atoms with Gasteiger partial charge in [0, 0.05) is 4.88 Å². The van der Waals surface area contributed by atoms with Gasteiger partial charge in [-0.1, -0.05) is 36.8 Å². The Morgan fingerprint density at radius 3 is 2.50 bits per heavy atom. The summed E-state index contributed by atoms with van der Waals surface area (Å²) in [4.78, 5) is 44.9. The van der Waals surface area contributed by atoms with Crippen molar-refractivity contribution in [1.29, 1.82) is 0 Å². The van der Waals surface area contributed by atoms with Gasteiger partial charge in [0.25, 0.3) is 5.56 Å². The molecule has 1 aliphatic rings. The minimum Gasteiger partial charge on any atom is -0.490 e. The number of nitrogens with zero attached hydrogens (tertiary/aromatic N) is 2. The molecule has 1 atom stereocenters. The van der Waals surface area contributed by atoms with Crippen molar-refractivity contribution in [2.45, 2.75) is 46.6 Å². The Bertz CT molecular complexity index is 1570. The molecule has 9 nitrogen and oxygen atoms in total. The lowest BCUT2D eigenvalue weighted by Gasteiger charge is -2.24. The number of ether oxygens (including phenoxy) is 4. The molecule has 3 heterocycles. The Labute approximate surface area is 240 Å². The van der Waals surface area contributed by atoms with E-state index in [1.54, 1.807) is 42.7 Å². The third-order valence-electron chi connectivity index (χ3n) is 5.92. The quantitative estimate of drug-likeness (QED) is 0.297. The van der Waals surface area contributed by atoms with Crippen molar-refractivity contribution in [1.82, 2.24) is 4.57 Å². The lowest BCUT2D eigenvalue weighted by Crippen LogP contribution is -2.39. The zero-order valence-electron chi connectivity index (χ0n) is 22.9. The van der Waals surface area contributed by atoms with Crippen LogP contribution in [0, 0.1) is 0 Å². The molecule has 0 unspecified atom stereocenters. The molecule has 0 saturated heterocycles. The zero-order chi connectivity index (χ0) is 28.6. The Morgan fingerprint density at radius 1 is 1.02 bits per heavy atom. The minimum absolute atomic E-state index is 0.227. The molecule has 40 heavy (non-hydrogen) atoms. The highest BCUT2D eigenvalue weighted by molar-refractivity contribution is 7.10. The number of carbonyl (C=O) groups excluding carboxylic acids is 2. The molecule has 3 aromatic rings. The lowest BCUT2D eigenvalue weighted by molar-refractivity contribution is -0.145. The van der Waals surface area contributed by atoms with Gasteiger partial charge in [-0.05, 0) is 62.4 Å². The van der Waals surface area contributed by atoms with Gasteiger partial charge in [0.15, 0.2) is 22.9 Å². The monoisotopic (exact) mass is 584 g/mol. The second-order valence-corrected chi connectivity index (χ2v) is 10.7. The van der Waals surface area contributed by atoms with Gasteiger partial charge in [0.2, 0.25) is 0 Å². The maximum Gasteiger partial charge on any atom is 0.344 e. The van der Waals surface area contributed by atoms with Gasteiger partial charge >= 0.3 is 11.9 Å². The summed E-state index contributed by atoms with van der Waals surface area (Å²) < 4.78 is 23.7. The highest BCUT2D eigenvalue weighted by atomic mass is 32.1. The van der Waals surface area contributed by atoms with Crippen molar-refractivity contribution in [2.75, 3.05) is 26.4 Å². The van der Waals surface area contributed by atoms with Crippen LogP contribution in [-0.2, 0) is 19.1 Å². The fraction of sp³-hybridized carbons (Fsp3) is 0.379. The van der Waals surface area contributed by atoms with E-state index in [2.05, 4.69) is 0 Å². The number of benzene rings is 1. The number of hydrogen-bond acceptors (Lipinski definition) is 10. The van der Waals surface area contributed by atoms with E-state index in [4.69, 9.17) is 23.9 Å². The molecule has 0 spiro atoms. The lowest BCUT2D eigenvalue weighted by atomic mass is 9.99.